The molecule has 0 atom stereocenters. The van der Waals surface area contributed by atoms with Gasteiger partial charge in [-0.25, -0.2) is 4.79 Å². The lowest BCUT2D eigenvalue weighted by Gasteiger charge is -2.11. The van der Waals surface area contributed by atoms with Gasteiger partial charge in [0, 0.05) is 17.0 Å². The third-order valence-electron chi connectivity index (χ3n) is 3.09. The van der Waals surface area contributed by atoms with Crippen LogP contribution in [0.2, 0.25) is 0 Å². The molecule has 0 aliphatic rings. The quantitative estimate of drug-likeness (QED) is 0.644. The van der Waals surface area contributed by atoms with Gasteiger partial charge in [0.1, 0.15) is 0 Å². The number of carbonyl (C=O) groups is 1. The first-order valence-electron chi connectivity index (χ1n) is 6.65. The van der Waals surface area contributed by atoms with Gasteiger partial charge in [-0.3, -0.25) is 10.1 Å². The molecule has 22 heavy (non-hydrogen) atoms. The monoisotopic (exact) mass is 309 g/mol. The van der Waals surface area contributed by atoms with E-state index in [1.54, 1.807) is 13.8 Å². The van der Waals surface area contributed by atoms with Crippen molar-refractivity contribution in [1.29, 1.82) is 0 Å². The average Bonchev–Trinajstić information content (AvgIpc) is 2.78. The third-order valence-corrected chi connectivity index (χ3v) is 3.09. The zero-order valence-corrected chi connectivity index (χ0v) is 12.3. The van der Waals surface area contributed by atoms with Crippen LogP contribution >= 0.6 is 0 Å². The summed E-state index contributed by atoms with van der Waals surface area (Å²) in [6, 6.07) is 1.24. The number of furan rings is 1. The molecule has 8 heteroatoms. The molecule has 0 aliphatic carbocycles. The minimum absolute atomic E-state index is 0.0455. The van der Waals surface area contributed by atoms with Crippen LogP contribution in [0.25, 0.3) is 11.0 Å². The van der Waals surface area contributed by atoms with Gasteiger partial charge >= 0.3 is 11.7 Å². The Balaban J connectivity index is 2.89. The Morgan fingerprint density at radius 3 is 2.41 bits per heavy atom. The molecule has 0 saturated heterocycles. The predicted octanol–water partition coefficient (Wildman–Crippen LogP) is 3.15. The van der Waals surface area contributed by atoms with Crippen LogP contribution in [0.3, 0.4) is 0 Å². The van der Waals surface area contributed by atoms with Gasteiger partial charge in [0.05, 0.1) is 18.1 Å². The lowest BCUT2D eigenvalue weighted by Crippen LogP contribution is -2.02. The van der Waals surface area contributed by atoms with Crippen molar-refractivity contribution in [1.82, 2.24) is 0 Å². The second-order valence-electron chi connectivity index (χ2n) is 4.42. The van der Waals surface area contributed by atoms with Crippen molar-refractivity contribution in [2.45, 2.75) is 20.8 Å². The summed E-state index contributed by atoms with van der Waals surface area (Å²) < 4.78 is 16.1. The van der Waals surface area contributed by atoms with Gasteiger partial charge in [-0.15, -0.1) is 0 Å². The van der Waals surface area contributed by atoms with E-state index < -0.39 is 10.9 Å². The van der Waals surface area contributed by atoms with Crippen molar-refractivity contribution < 1.29 is 28.7 Å². The van der Waals surface area contributed by atoms with Gasteiger partial charge in [-0.2, -0.15) is 0 Å². The van der Waals surface area contributed by atoms with Crippen molar-refractivity contribution in [3.63, 3.8) is 0 Å². The van der Waals surface area contributed by atoms with Crippen LogP contribution in [0, 0.1) is 17.0 Å². The summed E-state index contributed by atoms with van der Waals surface area (Å²) in [4.78, 5) is 21.9. The number of ether oxygens (including phenoxy) is 2. The van der Waals surface area contributed by atoms with Gasteiger partial charge in [-0.05, 0) is 20.8 Å². The van der Waals surface area contributed by atoms with Crippen LogP contribution in [0.5, 0.6) is 11.5 Å². The number of carboxylic acids is 1. The van der Waals surface area contributed by atoms with E-state index in [1.807, 2.05) is 0 Å². The molecule has 2 rings (SSSR count). The van der Waals surface area contributed by atoms with Crippen molar-refractivity contribution in [2.75, 3.05) is 13.2 Å². The first kappa shape index (κ1) is 15.6. The highest BCUT2D eigenvalue weighted by atomic mass is 16.6. The lowest BCUT2D eigenvalue weighted by atomic mass is 10.1. The van der Waals surface area contributed by atoms with Gasteiger partial charge in [0.15, 0.2) is 5.58 Å². The van der Waals surface area contributed by atoms with Crippen molar-refractivity contribution >= 4 is 22.6 Å². The number of aryl methyl sites for hydroxylation is 1. The highest BCUT2D eigenvalue weighted by Crippen LogP contribution is 2.45. The smallest absolute Gasteiger partial charge is 0.372 e. The highest BCUT2D eigenvalue weighted by molar-refractivity contribution is 5.99. The molecular weight excluding hydrogens is 294 g/mol. The van der Waals surface area contributed by atoms with Crippen LogP contribution in [0.15, 0.2) is 10.5 Å². The minimum atomic E-state index is -1.25. The Kier molecular flexibility index (Phi) is 4.20. The summed E-state index contributed by atoms with van der Waals surface area (Å²) in [6.07, 6.45) is 0. The number of fused-ring (bicyclic) bond motifs is 1. The maximum absolute atomic E-state index is 11.3. The van der Waals surface area contributed by atoms with E-state index >= 15 is 0 Å². The zero-order chi connectivity index (χ0) is 16.4. The topological polar surface area (TPSA) is 112 Å². The summed E-state index contributed by atoms with van der Waals surface area (Å²) in [5, 5.41) is 20.7. The van der Waals surface area contributed by atoms with Crippen LogP contribution in [0.1, 0.15) is 30.0 Å². The summed E-state index contributed by atoms with van der Waals surface area (Å²) in [6.45, 7) is 5.32. The molecule has 2 aromatic rings. The molecule has 1 aromatic carbocycles. The van der Waals surface area contributed by atoms with E-state index in [1.165, 1.54) is 13.0 Å². The van der Waals surface area contributed by atoms with Crippen molar-refractivity contribution in [3.05, 3.63) is 27.5 Å². The average molecular weight is 309 g/mol. The minimum Gasteiger partial charge on any atom is -0.486 e. The molecule has 1 aromatic heterocycles. The second-order valence-corrected chi connectivity index (χ2v) is 4.42. The maximum atomic E-state index is 11.3. The normalized spacial score (nSPS) is 10.7. The van der Waals surface area contributed by atoms with Crippen molar-refractivity contribution in [2.24, 2.45) is 0 Å². The molecule has 0 aliphatic heterocycles. The molecule has 1 N–H and O–H groups in total. The fraction of sp³-hybridized carbons (Fsp3) is 0.357. The van der Waals surface area contributed by atoms with Crippen LogP contribution in [0.4, 0.5) is 5.69 Å². The fourth-order valence-corrected chi connectivity index (χ4v) is 2.19. The van der Waals surface area contributed by atoms with E-state index in [0.29, 0.717) is 10.9 Å². The van der Waals surface area contributed by atoms with Gasteiger partial charge in [-0.1, -0.05) is 0 Å². The number of nitro benzene ring substituents is 1. The summed E-state index contributed by atoms with van der Waals surface area (Å²) in [5.41, 5.74) is 0.138. The SMILES string of the molecule is CCOc1c([N+](=O)[O-])cc2c(C)c(C(=O)O)oc2c1OCC. The molecule has 1 heterocycles. The van der Waals surface area contributed by atoms with E-state index in [2.05, 4.69) is 0 Å². The number of carboxylic acid groups (broad SMARTS) is 1. The number of rotatable bonds is 6. The third kappa shape index (κ3) is 2.43. The lowest BCUT2D eigenvalue weighted by molar-refractivity contribution is -0.385. The zero-order valence-electron chi connectivity index (χ0n) is 12.3. The predicted molar refractivity (Wildman–Crippen MR) is 76.9 cm³/mol. The Morgan fingerprint density at radius 2 is 1.91 bits per heavy atom. The van der Waals surface area contributed by atoms with Gasteiger partial charge < -0.3 is 19.0 Å². The van der Waals surface area contributed by atoms with Crippen LogP contribution < -0.4 is 9.47 Å². The molecule has 0 radical (unpaired) electrons. The summed E-state index contributed by atoms with van der Waals surface area (Å²) in [7, 11) is 0. The second kappa shape index (κ2) is 5.92. The Labute approximate surface area is 125 Å². The first-order chi connectivity index (χ1) is 10.4. The highest BCUT2D eigenvalue weighted by Gasteiger charge is 2.29. The van der Waals surface area contributed by atoms with E-state index in [0.717, 1.165) is 0 Å². The molecule has 0 saturated carbocycles. The van der Waals surface area contributed by atoms with Gasteiger partial charge in [0.25, 0.3) is 0 Å². The Morgan fingerprint density at radius 1 is 1.32 bits per heavy atom. The summed E-state index contributed by atoms with van der Waals surface area (Å²) >= 11 is 0. The molecule has 0 fully saturated rings. The molecule has 0 amide bonds. The van der Waals surface area contributed by atoms with E-state index in [4.69, 9.17) is 19.0 Å². The molecule has 0 bridgehead atoms. The van der Waals surface area contributed by atoms with E-state index in [9.17, 15) is 14.9 Å². The standard InChI is InChI=1S/C14H15NO7/c1-4-20-12-9(15(18)19)6-8-7(3)10(14(16)17)22-11(8)13(12)21-5-2/h6H,4-5H2,1-3H3,(H,16,17). The van der Waals surface area contributed by atoms with E-state index in [-0.39, 0.29) is 41.7 Å². The fourth-order valence-electron chi connectivity index (χ4n) is 2.19. The van der Waals surface area contributed by atoms with Crippen molar-refractivity contribution in [3.8, 4) is 11.5 Å². The number of hydrogen-bond acceptors (Lipinski definition) is 6. The number of hydrogen-bond donors (Lipinski definition) is 1. The Bertz CT molecular complexity index is 747. The number of nitrogens with zero attached hydrogens (tertiary/aromatic N) is 1. The number of aromatic carboxylic acids is 1. The molecule has 8 nitrogen and oxygen atoms in total. The number of nitro groups is 1. The molecule has 0 unspecified atom stereocenters. The van der Waals surface area contributed by atoms with Crippen LogP contribution in [-0.4, -0.2) is 29.2 Å². The molecular formula is C14H15NO7. The van der Waals surface area contributed by atoms with Gasteiger partial charge in [0.2, 0.25) is 17.3 Å². The summed E-state index contributed by atoms with van der Waals surface area (Å²) in [5.74, 6) is -1.55. The molecule has 118 valence electrons. The largest absolute Gasteiger partial charge is 0.486 e. The first-order valence-corrected chi connectivity index (χ1v) is 6.65. The molecule has 0 spiro atoms. The van der Waals surface area contributed by atoms with Crippen LogP contribution in [-0.2, 0) is 0 Å². The number of benzene rings is 1. The maximum Gasteiger partial charge on any atom is 0.372 e. The Hall–Kier alpha value is -2.77.